The van der Waals surface area contributed by atoms with Gasteiger partial charge in [0.2, 0.25) is 5.95 Å². The lowest BCUT2D eigenvalue weighted by atomic mass is 9.88. The van der Waals surface area contributed by atoms with Gasteiger partial charge in [0.25, 0.3) is 11.8 Å². The number of thiophene rings is 1. The highest BCUT2D eigenvalue weighted by molar-refractivity contribution is 7.15. The van der Waals surface area contributed by atoms with Crippen molar-refractivity contribution in [2.24, 2.45) is 5.92 Å². The van der Waals surface area contributed by atoms with Crippen LogP contribution in [0.1, 0.15) is 28.6 Å². The van der Waals surface area contributed by atoms with E-state index >= 15 is 0 Å². The summed E-state index contributed by atoms with van der Waals surface area (Å²) < 4.78 is 29.1. The van der Waals surface area contributed by atoms with Crippen molar-refractivity contribution in [2.75, 3.05) is 18.4 Å². The lowest BCUT2D eigenvalue weighted by Crippen LogP contribution is -2.57. The number of pyridine rings is 1. The molecule has 0 aromatic carbocycles. The van der Waals surface area contributed by atoms with Gasteiger partial charge in [0, 0.05) is 24.0 Å². The van der Waals surface area contributed by atoms with Crippen LogP contribution >= 0.6 is 22.9 Å². The van der Waals surface area contributed by atoms with E-state index in [-0.39, 0.29) is 13.0 Å². The first kappa shape index (κ1) is 22.5. The zero-order chi connectivity index (χ0) is 22.9. The van der Waals surface area contributed by atoms with Crippen LogP contribution in [-0.4, -0.2) is 50.8 Å². The van der Waals surface area contributed by atoms with E-state index in [4.69, 9.17) is 11.6 Å². The molecule has 4 heterocycles. The normalized spacial score (nSPS) is 20.2. The molecule has 0 bridgehead atoms. The second-order valence-corrected chi connectivity index (χ2v) is 9.65. The Hall–Kier alpha value is -2.65. The van der Waals surface area contributed by atoms with Crippen LogP contribution in [0.4, 0.5) is 14.7 Å². The fourth-order valence-electron chi connectivity index (χ4n) is 3.99. The third-order valence-corrected chi connectivity index (χ3v) is 6.68. The third kappa shape index (κ3) is 4.88. The van der Waals surface area contributed by atoms with Crippen molar-refractivity contribution in [1.29, 1.82) is 0 Å². The minimum Gasteiger partial charge on any atom is -0.352 e. The van der Waals surface area contributed by atoms with Gasteiger partial charge in [-0.3, -0.25) is 9.78 Å². The summed E-state index contributed by atoms with van der Waals surface area (Å²) in [4.78, 5) is 29.0. The second-order valence-electron chi connectivity index (χ2n) is 7.96. The van der Waals surface area contributed by atoms with Crippen molar-refractivity contribution in [3.05, 3.63) is 58.3 Å². The molecule has 6 nitrogen and oxygen atoms in total. The number of anilines is 1. The van der Waals surface area contributed by atoms with Crippen LogP contribution in [-0.2, 0) is 0 Å². The highest BCUT2D eigenvalue weighted by atomic mass is 35.5. The lowest BCUT2D eigenvalue weighted by Gasteiger charge is -2.43. The molecule has 0 saturated carbocycles. The van der Waals surface area contributed by atoms with Gasteiger partial charge < -0.3 is 10.2 Å². The van der Waals surface area contributed by atoms with E-state index in [1.165, 1.54) is 28.6 Å². The molecular weight excluding hydrogens is 456 g/mol. The Labute approximate surface area is 193 Å². The van der Waals surface area contributed by atoms with Gasteiger partial charge in [0.15, 0.2) is 0 Å². The van der Waals surface area contributed by atoms with Gasteiger partial charge in [-0.15, -0.1) is 11.3 Å². The Morgan fingerprint density at radius 2 is 2.06 bits per heavy atom. The summed E-state index contributed by atoms with van der Waals surface area (Å²) in [7, 11) is 0. The summed E-state index contributed by atoms with van der Waals surface area (Å²) in [5.41, 5.74) is 1.04. The maximum Gasteiger partial charge on any atom is 0.265 e. The molecule has 0 aliphatic carbocycles. The molecule has 4 rings (SSSR count). The van der Waals surface area contributed by atoms with Crippen LogP contribution in [0.25, 0.3) is 10.6 Å². The number of amides is 1. The first-order valence-electron chi connectivity index (χ1n) is 10.2. The number of nitrogens with zero attached hydrogens (tertiary/aromatic N) is 4. The molecule has 2 atom stereocenters. The summed E-state index contributed by atoms with van der Waals surface area (Å²) in [5, 5.41) is 3.45. The van der Waals surface area contributed by atoms with Crippen molar-refractivity contribution in [1.82, 2.24) is 19.9 Å². The molecule has 1 amide bonds. The summed E-state index contributed by atoms with van der Waals surface area (Å²) in [6.45, 7) is 3.23. The number of aryl methyl sites for hydroxylation is 1. The molecule has 32 heavy (non-hydrogen) atoms. The molecule has 3 aromatic heterocycles. The van der Waals surface area contributed by atoms with Crippen LogP contribution in [0, 0.1) is 12.8 Å². The summed E-state index contributed by atoms with van der Waals surface area (Å²) >= 11 is 7.25. The van der Waals surface area contributed by atoms with Gasteiger partial charge in [-0.2, -0.15) is 0 Å². The lowest BCUT2D eigenvalue weighted by molar-refractivity contribution is -0.0897. The Balaban J connectivity index is 1.64. The van der Waals surface area contributed by atoms with Crippen molar-refractivity contribution in [3.63, 3.8) is 0 Å². The number of alkyl halides is 2. The van der Waals surface area contributed by atoms with Crippen molar-refractivity contribution < 1.29 is 13.6 Å². The first-order valence-corrected chi connectivity index (χ1v) is 11.3. The van der Waals surface area contributed by atoms with E-state index in [0.717, 1.165) is 4.88 Å². The van der Waals surface area contributed by atoms with E-state index in [2.05, 4.69) is 20.3 Å². The van der Waals surface area contributed by atoms with Crippen LogP contribution in [0.5, 0.6) is 0 Å². The van der Waals surface area contributed by atoms with Crippen LogP contribution in [0.3, 0.4) is 0 Å². The largest absolute Gasteiger partial charge is 0.352 e. The number of halogens is 3. The monoisotopic (exact) mass is 477 g/mol. The number of likely N-dealkylation sites (tertiary alicyclic amines) is 1. The van der Waals surface area contributed by atoms with Crippen LogP contribution in [0.15, 0.2) is 42.9 Å². The zero-order valence-corrected chi connectivity index (χ0v) is 19.1. The number of hydrogen-bond donors (Lipinski definition) is 1. The molecule has 1 aliphatic heterocycles. The fourth-order valence-corrected chi connectivity index (χ4v) is 5.07. The predicted molar refractivity (Wildman–Crippen MR) is 121 cm³/mol. The van der Waals surface area contributed by atoms with E-state index < -0.39 is 30.3 Å². The topological polar surface area (TPSA) is 71.0 Å². The molecule has 0 radical (unpaired) electrons. The zero-order valence-electron chi connectivity index (χ0n) is 17.6. The number of carbonyl (C=O) groups excluding carboxylic acids is 1. The maximum absolute atomic E-state index is 14.5. The maximum atomic E-state index is 14.5. The smallest absolute Gasteiger partial charge is 0.265 e. The third-order valence-electron chi connectivity index (χ3n) is 5.41. The molecule has 1 saturated heterocycles. The van der Waals surface area contributed by atoms with Gasteiger partial charge in [0.1, 0.15) is 0 Å². The Morgan fingerprint density at radius 1 is 1.31 bits per heavy atom. The molecule has 0 unspecified atom stereocenters. The minimum absolute atomic E-state index is 0.243. The highest BCUT2D eigenvalue weighted by Crippen LogP contribution is 2.38. The Bertz CT molecular complexity index is 1090. The average Bonchev–Trinajstić information content (AvgIpc) is 3.15. The number of hydrogen-bond acceptors (Lipinski definition) is 6. The van der Waals surface area contributed by atoms with Crippen molar-refractivity contribution >= 4 is 34.8 Å². The molecule has 1 fully saturated rings. The van der Waals surface area contributed by atoms with E-state index in [1.807, 2.05) is 19.1 Å². The SMILES string of the molecule is Cc1cc(C(=O)N2CC(F)(F)C[C@@H](C)[C@H]2CNc2ncc(Cl)cn2)c(-c2ccccn2)s1. The highest BCUT2D eigenvalue weighted by Gasteiger charge is 2.46. The summed E-state index contributed by atoms with van der Waals surface area (Å²) in [6.07, 6.45) is 4.26. The number of rotatable bonds is 5. The van der Waals surface area contributed by atoms with Gasteiger partial charge in [0.05, 0.1) is 46.1 Å². The number of nitrogens with one attached hydrogen (secondary N) is 1. The van der Waals surface area contributed by atoms with Crippen LogP contribution < -0.4 is 5.32 Å². The fraction of sp³-hybridized carbons (Fsp3) is 0.364. The van der Waals surface area contributed by atoms with E-state index in [0.29, 0.717) is 27.1 Å². The van der Waals surface area contributed by atoms with Gasteiger partial charge >= 0.3 is 0 Å². The minimum atomic E-state index is -2.96. The summed E-state index contributed by atoms with van der Waals surface area (Å²) in [6, 6.07) is 6.73. The number of carbonyl (C=O) groups is 1. The van der Waals surface area contributed by atoms with Gasteiger partial charge in [-0.05, 0) is 31.0 Å². The Morgan fingerprint density at radius 3 is 2.75 bits per heavy atom. The van der Waals surface area contributed by atoms with Crippen molar-refractivity contribution in [2.45, 2.75) is 32.2 Å². The summed E-state index contributed by atoms with van der Waals surface area (Å²) in [5.74, 6) is -3.49. The number of aromatic nitrogens is 3. The molecule has 168 valence electrons. The number of piperidine rings is 1. The molecule has 3 aromatic rings. The van der Waals surface area contributed by atoms with Gasteiger partial charge in [-0.25, -0.2) is 18.7 Å². The molecule has 1 N–H and O–H groups in total. The second kappa shape index (κ2) is 9.07. The molecule has 0 spiro atoms. The van der Waals surface area contributed by atoms with E-state index in [1.54, 1.807) is 25.3 Å². The standard InChI is InChI=1S/C22H22ClF2N5OS/c1-13-8-22(24,25)12-30(18(13)11-29-21-27-9-15(23)10-28-21)20(31)16-7-14(2)32-19(16)17-5-3-4-6-26-17/h3-7,9-10,13,18H,8,11-12H2,1-2H3,(H,27,28,29)/t13-,18-/m1/s1. The molecule has 1 aliphatic rings. The quantitative estimate of drug-likeness (QED) is 0.549. The molecular formula is C22H22ClF2N5OS. The molecule has 10 heteroatoms. The van der Waals surface area contributed by atoms with Gasteiger partial charge in [-0.1, -0.05) is 24.6 Å². The van der Waals surface area contributed by atoms with E-state index in [9.17, 15) is 13.6 Å². The first-order chi connectivity index (χ1) is 15.2. The van der Waals surface area contributed by atoms with Crippen molar-refractivity contribution in [3.8, 4) is 10.6 Å². The predicted octanol–water partition coefficient (Wildman–Crippen LogP) is 5.16. The Kier molecular flexibility index (Phi) is 6.39. The average molecular weight is 478 g/mol. The van der Waals surface area contributed by atoms with Crippen LogP contribution in [0.2, 0.25) is 5.02 Å².